The molecule has 0 bridgehead atoms. The van der Waals surface area contributed by atoms with Crippen LogP contribution in [0.2, 0.25) is 0 Å². The second kappa shape index (κ2) is 8.50. The highest BCUT2D eigenvalue weighted by Crippen LogP contribution is 2.56. The van der Waals surface area contributed by atoms with E-state index in [1.165, 1.54) is 33.8 Å². The first kappa shape index (κ1) is 22.5. The molecular weight excluding hydrogens is 478 g/mol. The molecule has 5 heterocycles. The van der Waals surface area contributed by atoms with Gasteiger partial charge in [-0.2, -0.15) is 0 Å². The highest BCUT2D eigenvalue weighted by Gasteiger charge is 2.49. The van der Waals surface area contributed by atoms with Gasteiger partial charge in [-0.05, 0) is 66.3 Å². The van der Waals surface area contributed by atoms with Crippen molar-refractivity contribution in [1.29, 1.82) is 0 Å². The molecule has 1 aromatic heterocycles. The van der Waals surface area contributed by atoms with Gasteiger partial charge < -0.3 is 19.6 Å². The van der Waals surface area contributed by atoms with Crippen LogP contribution in [0, 0.1) is 5.92 Å². The zero-order valence-corrected chi connectivity index (χ0v) is 22.1. The Balaban J connectivity index is 1.38. The Morgan fingerprint density at radius 2 is 1.51 bits per heavy atom. The zero-order valence-electron chi connectivity index (χ0n) is 22.1. The molecule has 4 atom stereocenters. The van der Waals surface area contributed by atoms with E-state index in [4.69, 9.17) is 11.6 Å². The Morgan fingerprint density at radius 1 is 0.769 bits per heavy atom. The van der Waals surface area contributed by atoms with Gasteiger partial charge in [-0.15, -0.1) is 0 Å². The molecule has 4 aliphatic heterocycles. The van der Waals surface area contributed by atoms with Gasteiger partial charge in [0.25, 0.3) is 0 Å². The fraction of sp³-hybridized carbons (Fsp3) is 0.206. The number of aromatic nitrogens is 1. The number of anilines is 5. The van der Waals surface area contributed by atoms with Crippen molar-refractivity contribution >= 4 is 34.1 Å². The lowest BCUT2D eigenvalue weighted by Crippen LogP contribution is -2.52. The average molecular weight is 510 g/mol. The minimum atomic E-state index is 0.0676. The van der Waals surface area contributed by atoms with Gasteiger partial charge in [-0.3, -0.25) is 0 Å². The van der Waals surface area contributed by atoms with E-state index in [9.17, 15) is 0 Å². The Bertz CT molecular complexity index is 1610. The van der Waals surface area contributed by atoms with Crippen LogP contribution in [0.3, 0.4) is 0 Å². The molecule has 0 aliphatic carbocycles. The second-order valence-corrected chi connectivity index (χ2v) is 11.1. The van der Waals surface area contributed by atoms with Crippen molar-refractivity contribution in [2.75, 3.05) is 21.7 Å². The molecule has 39 heavy (non-hydrogen) atoms. The average Bonchev–Trinajstić information content (AvgIpc) is 3.53. The summed E-state index contributed by atoms with van der Waals surface area (Å²) in [5.74, 6) is 1.72. The third kappa shape index (κ3) is 3.22. The van der Waals surface area contributed by atoms with E-state index in [0.717, 1.165) is 24.3 Å². The number of hydrogen-bond acceptors (Lipinski definition) is 5. The summed E-state index contributed by atoms with van der Waals surface area (Å²) < 4.78 is 0. The molecular formula is C34H31N5. The van der Waals surface area contributed by atoms with Crippen LogP contribution in [-0.2, 0) is 0 Å². The maximum absolute atomic E-state index is 4.99. The highest BCUT2D eigenvalue weighted by molar-refractivity contribution is 5.90. The molecule has 0 spiro atoms. The molecule has 0 saturated carbocycles. The number of fused-ring (bicyclic) bond motifs is 11. The first-order chi connectivity index (χ1) is 19.2. The van der Waals surface area contributed by atoms with Crippen molar-refractivity contribution in [2.24, 2.45) is 5.92 Å². The summed E-state index contributed by atoms with van der Waals surface area (Å²) in [6.07, 6.45) is 8.63. The molecule has 0 saturated heterocycles. The van der Waals surface area contributed by atoms with Gasteiger partial charge in [0.2, 0.25) is 0 Å². The van der Waals surface area contributed by atoms with Gasteiger partial charge in [0.1, 0.15) is 12.3 Å². The molecule has 0 amide bonds. The van der Waals surface area contributed by atoms with Crippen LogP contribution in [-0.4, -0.2) is 29.3 Å². The van der Waals surface area contributed by atoms with Crippen molar-refractivity contribution in [2.45, 2.75) is 31.1 Å². The van der Waals surface area contributed by atoms with Gasteiger partial charge in [0.15, 0.2) is 5.82 Å². The lowest BCUT2D eigenvalue weighted by Gasteiger charge is -2.48. The van der Waals surface area contributed by atoms with Crippen LogP contribution in [0.15, 0.2) is 116 Å². The minimum absolute atomic E-state index is 0.0676. The number of para-hydroxylation sites is 3. The standard InChI is InChI=1S/C34H31N5/c1-23-21-27-26-14-7-8-15-29(26)37-20-19-36(2)34(37)28(27)22-32-38(24-11-4-3-5-12-24)31-17-10-18-35-33(31)39(32)30-16-9-6-13-25(23)30/h3-20,27-28,32,34H,1,21-22H2,2H3. The van der Waals surface area contributed by atoms with Crippen molar-refractivity contribution in [1.82, 2.24) is 9.88 Å². The molecule has 0 N–H and O–H groups in total. The van der Waals surface area contributed by atoms with Crippen LogP contribution >= 0.6 is 0 Å². The maximum Gasteiger partial charge on any atom is 0.158 e. The summed E-state index contributed by atoms with van der Waals surface area (Å²) in [4.78, 5) is 14.9. The van der Waals surface area contributed by atoms with Crippen molar-refractivity contribution in [3.8, 4) is 0 Å². The first-order valence-corrected chi connectivity index (χ1v) is 13.8. The molecule has 8 rings (SSSR count). The summed E-state index contributed by atoms with van der Waals surface area (Å²) in [6, 6.07) is 32.8. The predicted octanol–water partition coefficient (Wildman–Crippen LogP) is 7.47. The van der Waals surface area contributed by atoms with Crippen LogP contribution < -0.4 is 14.7 Å². The third-order valence-electron chi connectivity index (χ3n) is 9.06. The Hall–Kier alpha value is -4.51. The van der Waals surface area contributed by atoms with E-state index in [2.05, 4.69) is 130 Å². The Kier molecular flexibility index (Phi) is 4.90. The Labute approximate surface area is 229 Å². The molecule has 5 nitrogen and oxygen atoms in total. The normalized spacial score (nSPS) is 24.6. The lowest BCUT2D eigenvalue weighted by atomic mass is 9.73. The van der Waals surface area contributed by atoms with E-state index in [0.29, 0.717) is 11.8 Å². The van der Waals surface area contributed by atoms with Crippen LogP contribution in [0.25, 0.3) is 5.57 Å². The highest BCUT2D eigenvalue weighted by atomic mass is 15.5. The van der Waals surface area contributed by atoms with Gasteiger partial charge in [0, 0.05) is 48.5 Å². The van der Waals surface area contributed by atoms with Crippen molar-refractivity contribution in [3.63, 3.8) is 0 Å². The molecule has 4 unspecified atom stereocenters. The second-order valence-electron chi connectivity index (χ2n) is 11.1. The number of benzene rings is 3. The first-order valence-electron chi connectivity index (χ1n) is 13.8. The van der Waals surface area contributed by atoms with Gasteiger partial charge >= 0.3 is 0 Å². The molecule has 0 fully saturated rings. The topological polar surface area (TPSA) is 25.9 Å². The van der Waals surface area contributed by atoms with Crippen molar-refractivity contribution in [3.05, 3.63) is 127 Å². The summed E-state index contributed by atoms with van der Waals surface area (Å²) in [5.41, 5.74) is 8.67. The van der Waals surface area contributed by atoms with Crippen molar-refractivity contribution < 1.29 is 0 Å². The number of hydrogen-bond donors (Lipinski definition) is 0. The molecule has 192 valence electrons. The molecule has 5 heteroatoms. The number of rotatable bonds is 1. The van der Waals surface area contributed by atoms with E-state index in [1.807, 2.05) is 6.20 Å². The van der Waals surface area contributed by atoms with E-state index >= 15 is 0 Å². The molecule has 4 aromatic rings. The van der Waals surface area contributed by atoms with E-state index in [-0.39, 0.29) is 12.3 Å². The monoisotopic (exact) mass is 509 g/mol. The number of nitrogens with zero attached hydrogens (tertiary/aromatic N) is 5. The quantitative estimate of drug-likeness (QED) is 0.265. The Morgan fingerprint density at radius 3 is 2.38 bits per heavy atom. The van der Waals surface area contributed by atoms with Gasteiger partial charge in [0.05, 0.1) is 11.4 Å². The predicted molar refractivity (Wildman–Crippen MR) is 159 cm³/mol. The largest absolute Gasteiger partial charge is 0.358 e. The number of pyridine rings is 1. The fourth-order valence-corrected chi connectivity index (χ4v) is 7.47. The molecule has 0 radical (unpaired) electrons. The zero-order chi connectivity index (χ0) is 26.1. The van der Waals surface area contributed by atoms with Gasteiger partial charge in [-0.25, -0.2) is 4.98 Å². The van der Waals surface area contributed by atoms with Crippen LogP contribution in [0.4, 0.5) is 28.6 Å². The van der Waals surface area contributed by atoms with E-state index < -0.39 is 0 Å². The fourth-order valence-electron chi connectivity index (χ4n) is 7.47. The SMILES string of the molecule is C=C1CC2c3ccccc3N3C=CN(C)C3C2CC2N(c3ccccc3)c3cccnc3N2c2ccccc21. The lowest BCUT2D eigenvalue weighted by molar-refractivity contribution is 0.194. The molecule has 3 aromatic carbocycles. The maximum atomic E-state index is 4.99. The van der Waals surface area contributed by atoms with Crippen LogP contribution in [0.1, 0.15) is 29.9 Å². The third-order valence-corrected chi connectivity index (χ3v) is 9.06. The molecule has 4 aliphatic rings. The summed E-state index contributed by atoms with van der Waals surface area (Å²) in [5, 5.41) is 0. The minimum Gasteiger partial charge on any atom is -0.358 e. The summed E-state index contributed by atoms with van der Waals surface area (Å²) >= 11 is 0. The smallest absolute Gasteiger partial charge is 0.158 e. The van der Waals surface area contributed by atoms with E-state index in [1.54, 1.807) is 0 Å². The summed E-state index contributed by atoms with van der Waals surface area (Å²) in [7, 11) is 2.22. The summed E-state index contributed by atoms with van der Waals surface area (Å²) in [6.45, 7) is 4.71. The number of allylic oxidation sites excluding steroid dienone is 1. The van der Waals surface area contributed by atoms with Crippen LogP contribution in [0.5, 0.6) is 0 Å². The van der Waals surface area contributed by atoms with Gasteiger partial charge in [-0.1, -0.05) is 61.2 Å².